The van der Waals surface area contributed by atoms with E-state index in [2.05, 4.69) is 20.4 Å². The maximum absolute atomic E-state index is 12.8. The number of nitrogens with zero attached hydrogens (tertiary/aromatic N) is 6. The molecule has 0 amide bonds. The van der Waals surface area contributed by atoms with E-state index in [4.69, 9.17) is 0 Å². The molecule has 0 radical (unpaired) electrons. The van der Waals surface area contributed by atoms with Crippen LogP contribution < -0.4 is 5.56 Å². The molecule has 0 spiro atoms. The second-order valence-electron chi connectivity index (χ2n) is 5.36. The van der Waals surface area contributed by atoms with E-state index in [1.54, 1.807) is 11.6 Å². The fourth-order valence-electron chi connectivity index (χ4n) is 2.37. The molecular formula is C15H9F3N6OS. The van der Waals surface area contributed by atoms with E-state index in [-0.39, 0.29) is 23.5 Å². The van der Waals surface area contributed by atoms with Crippen molar-refractivity contribution < 1.29 is 13.2 Å². The number of halogens is 3. The zero-order chi connectivity index (χ0) is 18.3. The molecule has 0 unspecified atom stereocenters. The summed E-state index contributed by atoms with van der Waals surface area (Å²) in [5.74, 6) is 0.0602. The monoisotopic (exact) mass is 378 g/mol. The van der Waals surface area contributed by atoms with Crippen molar-refractivity contribution in [3.05, 3.63) is 63.5 Å². The van der Waals surface area contributed by atoms with Crippen molar-refractivity contribution in [3.8, 4) is 11.4 Å². The fourth-order valence-corrected chi connectivity index (χ4v) is 3.11. The van der Waals surface area contributed by atoms with Gasteiger partial charge in [-0.15, -0.1) is 21.5 Å². The van der Waals surface area contributed by atoms with Crippen LogP contribution >= 0.6 is 11.3 Å². The molecule has 0 N–H and O–H groups in total. The quantitative estimate of drug-likeness (QED) is 0.547. The normalized spacial score (nSPS) is 12.0. The van der Waals surface area contributed by atoms with Crippen molar-refractivity contribution in [3.63, 3.8) is 0 Å². The third kappa shape index (κ3) is 3.08. The average molecular weight is 378 g/mol. The first-order valence-electron chi connectivity index (χ1n) is 7.31. The van der Waals surface area contributed by atoms with E-state index in [9.17, 15) is 18.0 Å². The number of benzene rings is 1. The highest BCUT2D eigenvalue weighted by Crippen LogP contribution is 2.31. The molecule has 1 aromatic carbocycles. The molecule has 3 aromatic heterocycles. The summed E-state index contributed by atoms with van der Waals surface area (Å²) in [6.07, 6.45) is -2.83. The third-order valence-corrected chi connectivity index (χ3v) is 4.32. The van der Waals surface area contributed by atoms with Gasteiger partial charge in [0.2, 0.25) is 5.82 Å². The Bertz CT molecular complexity index is 1150. The van der Waals surface area contributed by atoms with Gasteiger partial charge in [-0.2, -0.15) is 18.0 Å². The Kier molecular flexibility index (Phi) is 3.80. The van der Waals surface area contributed by atoms with Crippen LogP contribution in [0.3, 0.4) is 0 Å². The number of tetrazole rings is 1. The van der Waals surface area contributed by atoms with Crippen LogP contribution in [0.25, 0.3) is 16.3 Å². The summed E-state index contributed by atoms with van der Waals surface area (Å²) in [4.78, 5) is 18.0. The Morgan fingerprint density at radius 2 is 2.04 bits per heavy atom. The van der Waals surface area contributed by atoms with Crippen molar-refractivity contribution in [2.75, 3.05) is 0 Å². The minimum absolute atomic E-state index is 0.0602. The van der Waals surface area contributed by atoms with E-state index in [0.29, 0.717) is 10.7 Å². The van der Waals surface area contributed by atoms with E-state index in [0.717, 1.165) is 12.1 Å². The molecule has 3 heterocycles. The van der Waals surface area contributed by atoms with Crippen molar-refractivity contribution in [2.24, 2.45) is 0 Å². The van der Waals surface area contributed by atoms with Crippen molar-refractivity contribution >= 4 is 16.3 Å². The number of aromatic nitrogens is 6. The summed E-state index contributed by atoms with van der Waals surface area (Å²) in [7, 11) is 0. The topological polar surface area (TPSA) is 78.0 Å². The van der Waals surface area contributed by atoms with Crippen molar-refractivity contribution in [1.29, 1.82) is 0 Å². The molecule has 0 aliphatic heterocycles. The number of hydrogen-bond donors (Lipinski definition) is 0. The van der Waals surface area contributed by atoms with E-state index in [1.165, 1.54) is 38.7 Å². The number of rotatable bonds is 3. The predicted octanol–water partition coefficient (Wildman–Crippen LogP) is 2.48. The van der Waals surface area contributed by atoms with Gasteiger partial charge in [0, 0.05) is 23.2 Å². The van der Waals surface area contributed by atoms with Crippen LogP contribution in [0, 0.1) is 0 Å². The maximum Gasteiger partial charge on any atom is 0.416 e. The van der Waals surface area contributed by atoms with E-state index >= 15 is 0 Å². The third-order valence-electron chi connectivity index (χ3n) is 3.56. The lowest BCUT2D eigenvalue weighted by Crippen LogP contribution is -2.15. The van der Waals surface area contributed by atoms with Gasteiger partial charge < -0.3 is 0 Å². The molecule has 0 saturated carbocycles. The Balaban J connectivity index is 1.63. The molecule has 26 heavy (non-hydrogen) atoms. The Labute approximate surface area is 147 Å². The lowest BCUT2D eigenvalue weighted by Gasteiger charge is -2.06. The minimum Gasteiger partial charge on any atom is -0.269 e. The minimum atomic E-state index is -4.45. The van der Waals surface area contributed by atoms with Crippen LogP contribution in [-0.4, -0.2) is 29.6 Å². The second-order valence-corrected chi connectivity index (χ2v) is 6.24. The van der Waals surface area contributed by atoms with Gasteiger partial charge in [0.15, 0.2) is 4.96 Å². The van der Waals surface area contributed by atoms with Crippen LogP contribution in [-0.2, 0) is 12.7 Å². The summed E-state index contributed by atoms with van der Waals surface area (Å²) >= 11 is 1.31. The largest absolute Gasteiger partial charge is 0.416 e. The van der Waals surface area contributed by atoms with Crippen LogP contribution in [0.5, 0.6) is 0 Å². The van der Waals surface area contributed by atoms with Crippen molar-refractivity contribution in [1.82, 2.24) is 29.6 Å². The van der Waals surface area contributed by atoms with Gasteiger partial charge in [0.25, 0.3) is 5.56 Å². The second kappa shape index (κ2) is 6.02. The Morgan fingerprint density at radius 3 is 2.85 bits per heavy atom. The summed E-state index contributed by atoms with van der Waals surface area (Å²) in [5.41, 5.74) is -0.382. The van der Waals surface area contributed by atoms with Gasteiger partial charge in [-0.25, -0.2) is 4.98 Å². The molecule has 0 atom stereocenters. The molecule has 4 aromatic rings. The number of hydrogen-bond acceptors (Lipinski definition) is 6. The summed E-state index contributed by atoms with van der Waals surface area (Å²) in [5, 5.41) is 13.4. The van der Waals surface area contributed by atoms with Gasteiger partial charge in [0.1, 0.15) is 6.54 Å². The molecule has 0 bridgehead atoms. The molecule has 4 rings (SSSR count). The highest BCUT2D eigenvalue weighted by atomic mass is 32.1. The Hall–Kier alpha value is -3.08. The smallest absolute Gasteiger partial charge is 0.269 e. The van der Waals surface area contributed by atoms with Gasteiger partial charge in [-0.05, 0) is 17.3 Å². The molecule has 0 aliphatic rings. The summed E-state index contributed by atoms with van der Waals surface area (Å²) < 4.78 is 39.9. The molecule has 0 aliphatic carbocycles. The molecular weight excluding hydrogens is 369 g/mol. The number of alkyl halides is 3. The summed E-state index contributed by atoms with van der Waals surface area (Å²) in [6, 6.07) is 6.04. The molecule has 7 nitrogen and oxygen atoms in total. The molecule has 132 valence electrons. The fraction of sp³-hybridized carbons (Fsp3) is 0.133. The first-order chi connectivity index (χ1) is 12.4. The van der Waals surface area contributed by atoms with Gasteiger partial charge in [-0.1, -0.05) is 12.1 Å². The lowest BCUT2D eigenvalue weighted by atomic mass is 10.1. The molecule has 11 heteroatoms. The predicted molar refractivity (Wildman–Crippen MR) is 86.7 cm³/mol. The highest BCUT2D eigenvalue weighted by Gasteiger charge is 2.30. The van der Waals surface area contributed by atoms with Crippen LogP contribution in [0.15, 0.2) is 46.7 Å². The molecule has 0 saturated heterocycles. The lowest BCUT2D eigenvalue weighted by molar-refractivity contribution is -0.137. The van der Waals surface area contributed by atoms with Crippen LogP contribution in [0.2, 0.25) is 0 Å². The van der Waals surface area contributed by atoms with Crippen LogP contribution in [0.4, 0.5) is 13.2 Å². The molecule has 0 fully saturated rings. The zero-order valence-corrected chi connectivity index (χ0v) is 13.7. The SMILES string of the molecule is O=c1cc(Cn2nnc(-c3cccc(C(F)(F)F)c3)n2)nc2sccn12. The van der Waals surface area contributed by atoms with Crippen LogP contribution in [0.1, 0.15) is 11.3 Å². The zero-order valence-electron chi connectivity index (χ0n) is 12.9. The summed E-state index contributed by atoms with van der Waals surface area (Å²) in [6.45, 7) is 0.0790. The van der Waals surface area contributed by atoms with Gasteiger partial charge >= 0.3 is 6.18 Å². The van der Waals surface area contributed by atoms with Gasteiger partial charge in [-0.3, -0.25) is 9.20 Å². The standard InChI is InChI=1S/C15H9F3N6OS/c16-15(17,18)10-3-1-2-9(6-10)13-20-22-24(21-13)8-11-7-12(25)23-4-5-26-14(23)19-11/h1-7H,8H2. The van der Waals surface area contributed by atoms with E-state index < -0.39 is 11.7 Å². The van der Waals surface area contributed by atoms with E-state index in [1.807, 2.05) is 0 Å². The Morgan fingerprint density at radius 1 is 1.19 bits per heavy atom. The maximum atomic E-state index is 12.8. The van der Waals surface area contributed by atoms with Gasteiger partial charge in [0.05, 0.1) is 11.3 Å². The average Bonchev–Trinajstić information content (AvgIpc) is 3.24. The first-order valence-corrected chi connectivity index (χ1v) is 8.19. The number of thiazole rings is 1. The number of fused-ring (bicyclic) bond motifs is 1. The highest BCUT2D eigenvalue weighted by molar-refractivity contribution is 7.15. The first kappa shape index (κ1) is 16.4. The van der Waals surface area contributed by atoms with Crippen molar-refractivity contribution in [2.45, 2.75) is 12.7 Å².